The Kier molecular flexibility index (Phi) is 5.07. The lowest BCUT2D eigenvalue weighted by Gasteiger charge is -2.10. The first-order valence-electron chi connectivity index (χ1n) is 7.86. The molecule has 3 nitrogen and oxygen atoms in total. The maximum Gasteiger partial charge on any atom is 0.224 e. The summed E-state index contributed by atoms with van der Waals surface area (Å²) >= 11 is 0. The molecule has 120 valence electrons. The van der Waals surface area contributed by atoms with Gasteiger partial charge in [-0.25, -0.2) is 0 Å². The number of rotatable bonds is 6. The Bertz CT molecular complexity index is 571. The van der Waals surface area contributed by atoms with E-state index in [2.05, 4.69) is 39.1 Å². The molecule has 1 aliphatic carbocycles. The number of benzene rings is 1. The molecule has 0 aromatic heterocycles. The lowest BCUT2D eigenvalue weighted by molar-refractivity contribution is -0.123. The van der Waals surface area contributed by atoms with Crippen LogP contribution in [0.3, 0.4) is 0 Å². The highest BCUT2D eigenvalue weighted by atomic mass is 16.5. The third-order valence-electron chi connectivity index (χ3n) is 4.58. The number of nitrogens with one attached hydrogen (secondary N) is 1. The summed E-state index contributed by atoms with van der Waals surface area (Å²) in [6.45, 7) is 9.64. The van der Waals surface area contributed by atoms with Gasteiger partial charge in [0.05, 0.1) is 12.5 Å². The van der Waals surface area contributed by atoms with Crippen LogP contribution >= 0.6 is 0 Å². The van der Waals surface area contributed by atoms with Gasteiger partial charge in [-0.05, 0) is 36.3 Å². The molecule has 1 aromatic rings. The summed E-state index contributed by atoms with van der Waals surface area (Å²) in [7, 11) is 1.69. The van der Waals surface area contributed by atoms with Gasteiger partial charge in [0.15, 0.2) is 0 Å². The molecule has 0 bridgehead atoms. The highest BCUT2D eigenvalue weighted by molar-refractivity contribution is 5.83. The molecule has 2 rings (SSSR count). The van der Waals surface area contributed by atoms with E-state index in [-0.39, 0.29) is 17.2 Å². The highest BCUT2D eigenvalue weighted by Crippen LogP contribution is 2.59. The van der Waals surface area contributed by atoms with Crippen molar-refractivity contribution in [3.63, 3.8) is 0 Å². The average molecular weight is 301 g/mol. The van der Waals surface area contributed by atoms with Crippen molar-refractivity contribution in [2.24, 2.45) is 17.3 Å². The Balaban J connectivity index is 1.98. The van der Waals surface area contributed by atoms with Crippen molar-refractivity contribution < 1.29 is 9.53 Å². The molecule has 22 heavy (non-hydrogen) atoms. The van der Waals surface area contributed by atoms with Crippen molar-refractivity contribution in [3.05, 3.63) is 47.0 Å². The van der Waals surface area contributed by atoms with E-state index in [0.29, 0.717) is 19.1 Å². The number of allylic oxidation sites excluding steroid dienone is 2. The van der Waals surface area contributed by atoms with Crippen molar-refractivity contribution >= 4 is 5.91 Å². The van der Waals surface area contributed by atoms with Crippen molar-refractivity contribution in [3.8, 4) is 0 Å². The molecule has 1 aromatic carbocycles. The first kappa shape index (κ1) is 16.8. The average Bonchev–Trinajstić information content (AvgIpc) is 2.98. The van der Waals surface area contributed by atoms with Gasteiger partial charge in [0, 0.05) is 13.7 Å². The minimum absolute atomic E-state index is 0.0629. The van der Waals surface area contributed by atoms with E-state index in [0.717, 1.165) is 11.1 Å². The van der Waals surface area contributed by atoms with Gasteiger partial charge in [0.2, 0.25) is 5.91 Å². The van der Waals surface area contributed by atoms with Gasteiger partial charge in [-0.2, -0.15) is 0 Å². The zero-order chi connectivity index (χ0) is 16.3. The Morgan fingerprint density at radius 3 is 2.50 bits per heavy atom. The molecular formula is C19H27NO2. The Morgan fingerprint density at radius 2 is 1.91 bits per heavy atom. The molecule has 2 atom stereocenters. The molecule has 3 heteroatoms. The molecule has 1 aliphatic rings. The van der Waals surface area contributed by atoms with E-state index in [9.17, 15) is 4.79 Å². The van der Waals surface area contributed by atoms with Gasteiger partial charge >= 0.3 is 0 Å². The SMILES string of the molecule is COCc1ccccc1CNC(=O)C1C(C=C(C)C)C1(C)C. The number of methoxy groups -OCH3 is 1. The molecule has 1 saturated carbocycles. The predicted molar refractivity (Wildman–Crippen MR) is 89.2 cm³/mol. The van der Waals surface area contributed by atoms with Gasteiger partial charge in [-0.3, -0.25) is 4.79 Å². The van der Waals surface area contributed by atoms with Crippen LogP contribution in [-0.4, -0.2) is 13.0 Å². The molecule has 2 unspecified atom stereocenters. The molecule has 1 N–H and O–H groups in total. The molecule has 0 aliphatic heterocycles. The molecule has 0 heterocycles. The van der Waals surface area contributed by atoms with E-state index in [1.165, 1.54) is 5.57 Å². The van der Waals surface area contributed by atoms with Crippen LogP contribution in [-0.2, 0) is 22.7 Å². The smallest absolute Gasteiger partial charge is 0.224 e. The van der Waals surface area contributed by atoms with Crippen LogP contribution in [0.25, 0.3) is 0 Å². The van der Waals surface area contributed by atoms with Gasteiger partial charge in [-0.15, -0.1) is 0 Å². The second-order valence-electron chi connectivity index (χ2n) is 6.99. The summed E-state index contributed by atoms with van der Waals surface area (Å²) in [5.41, 5.74) is 3.59. The van der Waals surface area contributed by atoms with Crippen LogP contribution in [0.4, 0.5) is 0 Å². The Labute approximate surface area is 133 Å². The fourth-order valence-corrected chi connectivity index (χ4v) is 3.17. The summed E-state index contributed by atoms with van der Waals surface area (Å²) in [4.78, 5) is 12.5. The van der Waals surface area contributed by atoms with Crippen molar-refractivity contribution in [1.29, 1.82) is 0 Å². The molecule has 0 saturated heterocycles. The standard InChI is InChI=1S/C19H27NO2/c1-13(2)10-16-17(19(16,3)4)18(21)20-11-14-8-6-7-9-15(14)12-22-5/h6-10,16-17H,11-12H2,1-5H3,(H,20,21). The van der Waals surface area contributed by atoms with Crippen LogP contribution in [0.15, 0.2) is 35.9 Å². The first-order chi connectivity index (χ1) is 10.4. The molecule has 1 fully saturated rings. The topological polar surface area (TPSA) is 38.3 Å². The molecular weight excluding hydrogens is 274 g/mol. The molecule has 0 spiro atoms. The van der Waals surface area contributed by atoms with E-state index in [1.54, 1.807) is 7.11 Å². The quantitative estimate of drug-likeness (QED) is 0.814. The fraction of sp³-hybridized carbons (Fsp3) is 0.526. The van der Waals surface area contributed by atoms with Gasteiger partial charge in [-0.1, -0.05) is 49.8 Å². The van der Waals surface area contributed by atoms with Crippen LogP contribution in [0.5, 0.6) is 0 Å². The van der Waals surface area contributed by atoms with Crippen molar-refractivity contribution in [1.82, 2.24) is 5.32 Å². The minimum atomic E-state index is 0.0629. The normalized spacial score (nSPS) is 22.0. The Hall–Kier alpha value is -1.61. The summed E-state index contributed by atoms with van der Waals surface area (Å²) in [6, 6.07) is 8.07. The number of amides is 1. The summed E-state index contributed by atoms with van der Waals surface area (Å²) in [5.74, 6) is 0.587. The van der Waals surface area contributed by atoms with Gasteiger partial charge in [0.25, 0.3) is 0 Å². The minimum Gasteiger partial charge on any atom is -0.380 e. The van der Waals surface area contributed by atoms with Crippen LogP contribution in [0, 0.1) is 17.3 Å². The maximum absolute atomic E-state index is 12.5. The lowest BCUT2D eigenvalue weighted by atomic mass is 10.1. The fourth-order valence-electron chi connectivity index (χ4n) is 3.17. The van der Waals surface area contributed by atoms with Crippen LogP contribution < -0.4 is 5.32 Å². The lowest BCUT2D eigenvalue weighted by Crippen LogP contribution is -2.26. The first-order valence-corrected chi connectivity index (χ1v) is 7.86. The third-order valence-corrected chi connectivity index (χ3v) is 4.58. The van der Waals surface area contributed by atoms with Crippen molar-refractivity contribution in [2.75, 3.05) is 7.11 Å². The zero-order valence-electron chi connectivity index (χ0n) is 14.3. The largest absolute Gasteiger partial charge is 0.380 e. The number of carbonyl (C=O) groups is 1. The number of ether oxygens (including phenoxy) is 1. The zero-order valence-corrected chi connectivity index (χ0v) is 14.3. The molecule has 0 radical (unpaired) electrons. The number of hydrogen-bond donors (Lipinski definition) is 1. The van der Waals surface area contributed by atoms with E-state index in [1.807, 2.05) is 24.3 Å². The number of hydrogen-bond acceptors (Lipinski definition) is 2. The summed E-state index contributed by atoms with van der Waals surface area (Å²) in [5, 5.41) is 3.09. The molecule has 1 amide bonds. The monoisotopic (exact) mass is 301 g/mol. The van der Waals surface area contributed by atoms with Crippen LogP contribution in [0.2, 0.25) is 0 Å². The summed E-state index contributed by atoms with van der Waals surface area (Å²) < 4.78 is 5.21. The highest BCUT2D eigenvalue weighted by Gasteiger charge is 2.60. The van der Waals surface area contributed by atoms with Crippen molar-refractivity contribution in [2.45, 2.75) is 40.8 Å². The van der Waals surface area contributed by atoms with E-state index in [4.69, 9.17) is 4.74 Å². The Morgan fingerprint density at radius 1 is 1.27 bits per heavy atom. The second kappa shape index (κ2) is 6.66. The van der Waals surface area contributed by atoms with Gasteiger partial charge < -0.3 is 10.1 Å². The van der Waals surface area contributed by atoms with E-state index < -0.39 is 0 Å². The van der Waals surface area contributed by atoms with Gasteiger partial charge in [0.1, 0.15) is 0 Å². The third kappa shape index (κ3) is 3.58. The second-order valence-corrected chi connectivity index (χ2v) is 6.99. The predicted octanol–water partition coefficient (Wildman–Crippen LogP) is 3.69. The number of carbonyl (C=O) groups excluding carboxylic acids is 1. The van der Waals surface area contributed by atoms with Crippen LogP contribution in [0.1, 0.15) is 38.8 Å². The summed E-state index contributed by atoms with van der Waals surface area (Å²) in [6.07, 6.45) is 2.23. The maximum atomic E-state index is 12.5. The van der Waals surface area contributed by atoms with E-state index >= 15 is 0 Å².